The molecule has 0 atom stereocenters. The van der Waals surface area contributed by atoms with Gasteiger partial charge in [-0.2, -0.15) is 0 Å². The Morgan fingerprint density at radius 1 is 0.786 bits per heavy atom. The summed E-state index contributed by atoms with van der Waals surface area (Å²) in [6.07, 6.45) is 5.39. The van der Waals surface area contributed by atoms with Crippen LogP contribution in [0.5, 0.6) is 5.75 Å². The molecule has 0 amide bonds. The van der Waals surface area contributed by atoms with Crippen molar-refractivity contribution in [2.24, 2.45) is 0 Å². The van der Waals surface area contributed by atoms with Crippen molar-refractivity contribution in [2.75, 3.05) is 57.7 Å². The maximum absolute atomic E-state index is 6.02. The smallest absolute Gasteiger partial charge is 0.142 e. The van der Waals surface area contributed by atoms with Gasteiger partial charge in [-0.3, -0.25) is 0 Å². The summed E-state index contributed by atoms with van der Waals surface area (Å²) >= 11 is 0. The molecular formula is C21H36N2O5. The first-order chi connectivity index (χ1) is 13.7. The summed E-state index contributed by atoms with van der Waals surface area (Å²) < 4.78 is 28.2. The summed E-state index contributed by atoms with van der Waals surface area (Å²) in [6, 6.07) is 5.38. The van der Waals surface area contributed by atoms with Gasteiger partial charge < -0.3 is 35.2 Å². The van der Waals surface area contributed by atoms with E-state index in [1.54, 1.807) is 6.07 Å². The summed E-state index contributed by atoms with van der Waals surface area (Å²) in [5.41, 5.74) is 12.9. The minimum absolute atomic E-state index is 0.181. The van der Waals surface area contributed by atoms with E-state index in [9.17, 15) is 0 Å². The molecule has 0 unspecified atom stereocenters. The number of rotatable bonds is 14. The quantitative estimate of drug-likeness (QED) is 0.368. The average Bonchev–Trinajstić information content (AvgIpc) is 2.69. The Morgan fingerprint density at radius 3 is 1.96 bits per heavy atom. The highest BCUT2D eigenvalue weighted by Crippen LogP contribution is 2.29. The van der Waals surface area contributed by atoms with Gasteiger partial charge in [0.15, 0.2) is 0 Å². The lowest BCUT2D eigenvalue weighted by Crippen LogP contribution is -2.29. The molecule has 0 aliphatic heterocycles. The minimum atomic E-state index is 0.181. The molecule has 2 rings (SSSR count). The van der Waals surface area contributed by atoms with E-state index >= 15 is 0 Å². The van der Waals surface area contributed by atoms with Gasteiger partial charge in [-0.05, 0) is 50.3 Å². The van der Waals surface area contributed by atoms with Gasteiger partial charge in [-0.15, -0.1) is 0 Å². The highest BCUT2D eigenvalue weighted by Gasteiger charge is 2.23. The van der Waals surface area contributed by atoms with E-state index in [0.717, 1.165) is 38.7 Å². The van der Waals surface area contributed by atoms with Crippen LogP contribution in [0.3, 0.4) is 0 Å². The van der Waals surface area contributed by atoms with E-state index in [2.05, 4.69) is 6.92 Å². The predicted octanol–water partition coefficient (Wildman–Crippen LogP) is 3.02. The van der Waals surface area contributed by atoms with Crippen molar-refractivity contribution in [3.05, 3.63) is 18.2 Å². The number of nitrogens with two attached hydrogens (primary N) is 2. The third kappa shape index (κ3) is 9.10. The van der Waals surface area contributed by atoms with Crippen molar-refractivity contribution >= 4 is 11.4 Å². The second-order valence-corrected chi connectivity index (χ2v) is 7.02. The van der Waals surface area contributed by atoms with E-state index in [0.29, 0.717) is 56.8 Å². The summed E-state index contributed by atoms with van der Waals surface area (Å²) in [5.74, 6) is 0.714. The van der Waals surface area contributed by atoms with Gasteiger partial charge in [0.2, 0.25) is 0 Å². The summed E-state index contributed by atoms with van der Waals surface area (Å²) in [4.78, 5) is 0. The fourth-order valence-electron chi connectivity index (χ4n) is 3.13. The fraction of sp³-hybridized carbons (Fsp3) is 0.714. The Labute approximate surface area is 168 Å². The van der Waals surface area contributed by atoms with Crippen LogP contribution in [0.4, 0.5) is 11.4 Å². The Kier molecular flexibility index (Phi) is 11.1. The molecule has 0 bridgehead atoms. The lowest BCUT2D eigenvalue weighted by Gasteiger charge is -2.29. The van der Waals surface area contributed by atoms with Crippen molar-refractivity contribution < 1.29 is 23.7 Å². The van der Waals surface area contributed by atoms with Gasteiger partial charge >= 0.3 is 0 Å². The SMILES string of the molecule is CCCOCCOCCOCCOC1CCC(Oc2ccc(N)cc2N)CC1. The summed E-state index contributed by atoms with van der Waals surface area (Å²) in [5, 5.41) is 0. The van der Waals surface area contributed by atoms with Crippen molar-refractivity contribution in [1.82, 2.24) is 0 Å². The highest BCUT2D eigenvalue weighted by atomic mass is 16.6. The maximum Gasteiger partial charge on any atom is 0.142 e. The Bertz CT molecular complexity index is 536. The lowest BCUT2D eigenvalue weighted by molar-refractivity contribution is -0.0360. The molecule has 1 fully saturated rings. The standard InChI is InChI=1S/C21H36N2O5/c1-2-9-24-10-11-25-12-13-26-14-15-27-18-4-6-19(7-5-18)28-21-8-3-17(22)16-20(21)23/h3,8,16,18-19H,2,4-7,9-15,22-23H2,1H3. The second kappa shape index (κ2) is 13.6. The van der Waals surface area contributed by atoms with Crippen molar-refractivity contribution in [2.45, 2.75) is 51.2 Å². The van der Waals surface area contributed by atoms with Crippen LogP contribution < -0.4 is 16.2 Å². The van der Waals surface area contributed by atoms with Crippen LogP contribution in [0, 0.1) is 0 Å². The van der Waals surface area contributed by atoms with E-state index in [1.807, 2.05) is 12.1 Å². The zero-order valence-electron chi connectivity index (χ0n) is 17.1. The molecule has 28 heavy (non-hydrogen) atoms. The first-order valence-corrected chi connectivity index (χ1v) is 10.4. The number of benzene rings is 1. The summed E-state index contributed by atoms with van der Waals surface area (Å²) in [7, 11) is 0. The molecule has 7 nitrogen and oxygen atoms in total. The highest BCUT2D eigenvalue weighted by molar-refractivity contribution is 5.60. The van der Waals surface area contributed by atoms with E-state index in [1.165, 1.54) is 0 Å². The number of ether oxygens (including phenoxy) is 5. The molecule has 0 aromatic heterocycles. The molecule has 1 aromatic rings. The van der Waals surface area contributed by atoms with Crippen LogP contribution in [0.2, 0.25) is 0 Å². The average molecular weight is 397 g/mol. The van der Waals surface area contributed by atoms with Crippen LogP contribution in [-0.4, -0.2) is 58.5 Å². The molecule has 7 heteroatoms. The molecule has 1 saturated carbocycles. The van der Waals surface area contributed by atoms with Crippen molar-refractivity contribution in [3.8, 4) is 5.75 Å². The van der Waals surface area contributed by atoms with Crippen molar-refractivity contribution in [1.29, 1.82) is 0 Å². The Morgan fingerprint density at radius 2 is 1.36 bits per heavy atom. The van der Waals surface area contributed by atoms with E-state index in [-0.39, 0.29) is 12.2 Å². The fourth-order valence-corrected chi connectivity index (χ4v) is 3.13. The van der Waals surface area contributed by atoms with Crippen LogP contribution in [0.25, 0.3) is 0 Å². The monoisotopic (exact) mass is 396 g/mol. The van der Waals surface area contributed by atoms with Gasteiger partial charge in [0.1, 0.15) is 5.75 Å². The molecule has 160 valence electrons. The third-order valence-corrected chi connectivity index (χ3v) is 4.62. The van der Waals surface area contributed by atoms with Crippen molar-refractivity contribution in [3.63, 3.8) is 0 Å². The third-order valence-electron chi connectivity index (χ3n) is 4.62. The van der Waals surface area contributed by atoms with E-state index < -0.39 is 0 Å². The molecule has 1 aliphatic carbocycles. The molecular weight excluding hydrogens is 360 g/mol. The zero-order chi connectivity index (χ0) is 20.0. The minimum Gasteiger partial charge on any atom is -0.488 e. The molecule has 1 aromatic carbocycles. The molecule has 4 N–H and O–H groups in total. The Hall–Kier alpha value is -1.54. The first-order valence-electron chi connectivity index (χ1n) is 10.4. The molecule has 0 spiro atoms. The lowest BCUT2D eigenvalue weighted by atomic mass is 9.95. The van der Waals surface area contributed by atoms with Crippen LogP contribution in [0.1, 0.15) is 39.0 Å². The van der Waals surface area contributed by atoms with Gasteiger partial charge in [-0.1, -0.05) is 6.92 Å². The molecule has 0 radical (unpaired) electrons. The molecule has 0 heterocycles. The topological polar surface area (TPSA) is 98.2 Å². The number of nitrogen functional groups attached to an aromatic ring is 2. The molecule has 0 saturated heterocycles. The van der Waals surface area contributed by atoms with Crippen LogP contribution >= 0.6 is 0 Å². The van der Waals surface area contributed by atoms with E-state index in [4.69, 9.17) is 35.2 Å². The number of anilines is 2. The Balaban J connectivity index is 1.45. The van der Waals surface area contributed by atoms with Crippen LogP contribution in [-0.2, 0) is 18.9 Å². The number of hydrogen-bond donors (Lipinski definition) is 2. The van der Waals surface area contributed by atoms with Gasteiger partial charge in [0.25, 0.3) is 0 Å². The zero-order valence-corrected chi connectivity index (χ0v) is 17.1. The van der Waals surface area contributed by atoms with Gasteiger partial charge in [0, 0.05) is 12.3 Å². The predicted molar refractivity (Wildman–Crippen MR) is 111 cm³/mol. The largest absolute Gasteiger partial charge is 0.488 e. The van der Waals surface area contributed by atoms with Gasteiger partial charge in [0.05, 0.1) is 57.5 Å². The summed E-state index contributed by atoms with van der Waals surface area (Å²) in [6.45, 7) is 6.53. The second-order valence-electron chi connectivity index (χ2n) is 7.02. The van der Waals surface area contributed by atoms with Gasteiger partial charge in [-0.25, -0.2) is 0 Å². The van der Waals surface area contributed by atoms with Crippen LogP contribution in [0.15, 0.2) is 18.2 Å². The first kappa shape index (κ1) is 22.7. The molecule has 1 aliphatic rings. The normalized spacial score (nSPS) is 19.6. The number of hydrogen-bond acceptors (Lipinski definition) is 7. The maximum atomic E-state index is 6.02.